The number of ether oxygens (including phenoxy) is 3. The van der Waals surface area contributed by atoms with Gasteiger partial charge in [-0.1, -0.05) is 6.07 Å². The van der Waals surface area contributed by atoms with Crippen LogP contribution in [0.5, 0.6) is 11.5 Å². The number of hydrogen-bond acceptors (Lipinski definition) is 7. The minimum Gasteiger partial charge on any atom is -0.465 e. The lowest BCUT2D eigenvalue weighted by atomic mass is 9.83. The number of nitro benzene ring substituents is 1. The zero-order valence-corrected chi connectivity index (χ0v) is 14.2. The zero-order valence-electron chi connectivity index (χ0n) is 14.2. The summed E-state index contributed by atoms with van der Waals surface area (Å²) in [5, 5.41) is 21.5. The third-order valence-corrected chi connectivity index (χ3v) is 4.94. The smallest absolute Gasteiger partial charge is 0.312 e. The average molecular weight is 371 g/mol. The minimum absolute atomic E-state index is 0.0724. The maximum atomic E-state index is 12.2. The molecule has 0 radical (unpaired) electrons. The fourth-order valence-corrected chi connectivity index (χ4v) is 3.53. The molecule has 1 fully saturated rings. The molecule has 2 aromatic rings. The summed E-state index contributed by atoms with van der Waals surface area (Å²) >= 11 is 0. The van der Waals surface area contributed by atoms with E-state index < -0.39 is 22.9 Å². The molecule has 140 valence electrons. The van der Waals surface area contributed by atoms with Gasteiger partial charge in [0.15, 0.2) is 11.5 Å². The summed E-state index contributed by atoms with van der Waals surface area (Å²) in [6, 6.07) is 11.1. The van der Waals surface area contributed by atoms with Crippen molar-refractivity contribution in [3.8, 4) is 11.5 Å². The standard InChI is InChI=1S/C19H17NO7/c21-18(12-2-4-14(5-3-12)20(23)24)17-13(9-25-19(17)22)7-11-1-6-15-16(8-11)27-10-26-15/h1-6,8,13,17-18,21H,7,9-10H2/t13-,17-,18+/m0/s1. The number of carbonyl (C=O) groups is 1. The van der Waals surface area contributed by atoms with E-state index in [2.05, 4.69) is 0 Å². The third kappa shape index (κ3) is 3.31. The summed E-state index contributed by atoms with van der Waals surface area (Å²) < 4.78 is 15.9. The van der Waals surface area contributed by atoms with Crippen LogP contribution in [0.25, 0.3) is 0 Å². The number of esters is 1. The summed E-state index contributed by atoms with van der Waals surface area (Å²) in [5.41, 5.74) is 1.32. The number of cyclic esters (lactones) is 1. The number of benzene rings is 2. The van der Waals surface area contributed by atoms with Gasteiger partial charge in [0.1, 0.15) is 0 Å². The normalized spacial score (nSPS) is 21.7. The van der Waals surface area contributed by atoms with Crippen LogP contribution in [0.2, 0.25) is 0 Å². The van der Waals surface area contributed by atoms with E-state index in [1.807, 2.05) is 18.2 Å². The lowest BCUT2D eigenvalue weighted by Gasteiger charge is -2.21. The quantitative estimate of drug-likeness (QED) is 0.488. The SMILES string of the molecule is O=C1OC[C@H](Cc2ccc3c(c2)OCO3)[C@H]1[C@H](O)c1ccc([N+](=O)[O-])cc1. The van der Waals surface area contributed by atoms with Gasteiger partial charge in [0.05, 0.1) is 23.6 Å². The first-order valence-corrected chi connectivity index (χ1v) is 8.50. The van der Waals surface area contributed by atoms with Crippen molar-refractivity contribution in [3.63, 3.8) is 0 Å². The van der Waals surface area contributed by atoms with E-state index in [9.17, 15) is 20.0 Å². The van der Waals surface area contributed by atoms with Gasteiger partial charge in [-0.05, 0) is 41.8 Å². The minimum atomic E-state index is -1.10. The largest absolute Gasteiger partial charge is 0.465 e. The molecular formula is C19H17NO7. The molecule has 0 bridgehead atoms. The highest BCUT2D eigenvalue weighted by Gasteiger charge is 2.42. The van der Waals surface area contributed by atoms with E-state index >= 15 is 0 Å². The first-order valence-electron chi connectivity index (χ1n) is 8.50. The molecule has 1 saturated heterocycles. The molecule has 27 heavy (non-hydrogen) atoms. The van der Waals surface area contributed by atoms with E-state index in [-0.39, 0.29) is 25.0 Å². The molecule has 0 unspecified atom stereocenters. The van der Waals surface area contributed by atoms with Crippen LogP contribution in [0.15, 0.2) is 42.5 Å². The van der Waals surface area contributed by atoms with Crippen LogP contribution in [0.3, 0.4) is 0 Å². The Labute approximate surface area is 154 Å². The van der Waals surface area contributed by atoms with Crippen LogP contribution >= 0.6 is 0 Å². The van der Waals surface area contributed by atoms with Gasteiger partial charge in [0.2, 0.25) is 6.79 Å². The fraction of sp³-hybridized carbons (Fsp3) is 0.316. The highest BCUT2D eigenvalue weighted by Crippen LogP contribution is 2.38. The Morgan fingerprint density at radius 1 is 1.11 bits per heavy atom. The van der Waals surface area contributed by atoms with E-state index in [0.717, 1.165) is 5.56 Å². The molecule has 0 amide bonds. The van der Waals surface area contributed by atoms with Gasteiger partial charge < -0.3 is 19.3 Å². The Morgan fingerprint density at radius 3 is 2.59 bits per heavy atom. The molecule has 2 heterocycles. The summed E-state index contributed by atoms with van der Waals surface area (Å²) in [7, 11) is 0. The van der Waals surface area contributed by atoms with E-state index in [4.69, 9.17) is 14.2 Å². The molecule has 0 aliphatic carbocycles. The second kappa shape index (κ2) is 6.88. The van der Waals surface area contributed by atoms with Crippen molar-refractivity contribution in [1.29, 1.82) is 0 Å². The maximum absolute atomic E-state index is 12.2. The van der Waals surface area contributed by atoms with Crippen molar-refractivity contribution in [3.05, 3.63) is 63.7 Å². The lowest BCUT2D eigenvalue weighted by Crippen LogP contribution is -2.25. The number of rotatable bonds is 5. The van der Waals surface area contributed by atoms with Crippen molar-refractivity contribution in [2.45, 2.75) is 12.5 Å². The molecule has 0 saturated carbocycles. The summed E-state index contributed by atoms with van der Waals surface area (Å²) in [4.78, 5) is 22.5. The first kappa shape index (κ1) is 17.3. The number of nitrogens with zero attached hydrogens (tertiary/aromatic N) is 1. The van der Waals surface area contributed by atoms with Crippen LogP contribution in [0, 0.1) is 22.0 Å². The monoisotopic (exact) mass is 371 g/mol. The van der Waals surface area contributed by atoms with E-state index in [0.29, 0.717) is 23.5 Å². The Kier molecular flexibility index (Phi) is 4.41. The van der Waals surface area contributed by atoms with Gasteiger partial charge in [-0.25, -0.2) is 0 Å². The number of aliphatic hydroxyl groups excluding tert-OH is 1. The van der Waals surface area contributed by atoms with E-state index in [1.165, 1.54) is 24.3 Å². The molecule has 0 aromatic heterocycles. The van der Waals surface area contributed by atoms with Gasteiger partial charge in [0, 0.05) is 18.1 Å². The van der Waals surface area contributed by atoms with Crippen LogP contribution in [0.1, 0.15) is 17.2 Å². The molecule has 1 N–H and O–H groups in total. The highest BCUT2D eigenvalue weighted by atomic mass is 16.7. The number of non-ortho nitro benzene ring substituents is 1. The van der Waals surface area contributed by atoms with E-state index in [1.54, 1.807) is 0 Å². The van der Waals surface area contributed by atoms with Gasteiger partial charge in [-0.15, -0.1) is 0 Å². The van der Waals surface area contributed by atoms with Crippen molar-refractivity contribution < 1.29 is 29.0 Å². The van der Waals surface area contributed by atoms with Gasteiger partial charge >= 0.3 is 5.97 Å². The summed E-state index contributed by atoms with van der Waals surface area (Å²) in [6.07, 6.45) is -0.573. The average Bonchev–Trinajstić information content (AvgIpc) is 3.27. The highest BCUT2D eigenvalue weighted by molar-refractivity contribution is 5.75. The lowest BCUT2D eigenvalue weighted by molar-refractivity contribution is -0.384. The third-order valence-electron chi connectivity index (χ3n) is 4.94. The molecule has 4 rings (SSSR count). The van der Waals surface area contributed by atoms with Crippen molar-refractivity contribution in [1.82, 2.24) is 0 Å². The number of carbonyl (C=O) groups excluding carboxylic acids is 1. The first-order chi connectivity index (χ1) is 13.0. The van der Waals surface area contributed by atoms with Gasteiger partial charge in [0.25, 0.3) is 5.69 Å². The topological polar surface area (TPSA) is 108 Å². The number of nitro groups is 1. The molecule has 2 aliphatic rings. The van der Waals surface area contributed by atoms with Crippen LogP contribution < -0.4 is 9.47 Å². The van der Waals surface area contributed by atoms with Crippen LogP contribution in [-0.2, 0) is 16.0 Å². The molecule has 3 atom stereocenters. The van der Waals surface area contributed by atoms with Crippen molar-refractivity contribution in [2.75, 3.05) is 13.4 Å². The summed E-state index contributed by atoms with van der Waals surface area (Å²) in [5.74, 6) is -0.0864. The molecular weight excluding hydrogens is 354 g/mol. The second-order valence-electron chi connectivity index (χ2n) is 6.60. The number of aliphatic hydroxyl groups is 1. The Morgan fingerprint density at radius 2 is 1.85 bits per heavy atom. The van der Waals surface area contributed by atoms with Crippen molar-refractivity contribution in [2.24, 2.45) is 11.8 Å². The van der Waals surface area contributed by atoms with Crippen LogP contribution in [-0.4, -0.2) is 29.4 Å². The predicted octanol–water partition coefficient (Wildman–Crippen LogP) is 2.39. The molecule has 2 aliphatic heterocycles. The van der Waals surface area contributed by atoms with Crippen molar-refractivity contribution >= 4 is 11.7 Å². The Bertz CT molecular complexity index is 880. The van der Waals surface area contributed by atoms with Crippen LogP contribution in [0.4, 0.5) is 5.69 Å². The second-order valence-corrected chi connectivity index (χ2v) is 6.60. The Balaban J connectivity index is 1.53. The Hall–Kier alpha value is -3.13. The molecule has 8 nitrogen and oxygen atoms in total. The zero-order chi connectivity index (χ0) is 19.0. The molecule has 8 heteroatoms. The molecule has 2 aromatic carbocycles. The summed E-state index contributed by atoms with van der Waals surface area (Å²) in [6.45, 7) is 0.396. The molecule has 0 spiro atoms. The fourth-order valence-electron chi connectivity index (χ4n) is 3.53. The predicted molar refractivity (Wildman–Crippen MR) is 92.3 cm³/mol. The maximum Gasteiger partial charge on any atom is 0.312 e. The van der Waals surface area contributed by atoms with Gasteiger partial charge in [-0.2, -0.15) is 0 Å². The number of hydrogen-bond donors (Lipinski definition) is 1. The van der Waals surface area contributed by atoms with Gasteiger partial charge in [-0.3, -0.25) is 14.9 Å². The number of fused-ring (bicyclic) bond motifs is 1.